The van der Waals surface area contributed by atoms with Gasteiger partial charge in [-0.25, -0.2) is 9.67 Å². The number of carbonyl (C=O) groups excluding carboxylic acids is 1. The Kier molecular flexibility index (Phi) is 4.97. The van der Waals surface area contributed by atoms with Gasteiger partial charge in [-0.15, -0.1) is 0 Å². The first-order chi connectivity index (χ1) is 13.5. The average Bonchev–Trinajstić information content (AvgIpc) is 3.26. The zero-order valence-electron chi connectivity index (χ0n) is 16.2. The summed E-state index contributed by atoms with van der Waals surface area (Å²) >= 11 is 1.51. The molecule has 1 amide bonds. The molecule has 0 bridgehead atoms. The molecule has 1 aliphatic rings. The van der Waals surface area contributed by atoms with E-state index in [1.807, 2.05) is 45.0 Å². The van der Waals surface area contributed by atoms with Gasteiger partial charge in [0.25, 0.3) is 5.56 Å². The second-order valence-corrected chi connectivity index (χ2v) is 8.24. The number of amides is 1. The minimum Gasteiger partial charge on any atom is -0.354 e. The van der Waals surface area contributed by atoms with E-state index in [1.54, 1.807) is 15.4 Å². The summed E-state index contributed by atoms with van der Waals surface area (Å²) in [6.07, 6.45) is 2.73. The minimum atomic E-state index is -0.184. The lowest BCUT2D eigenvalue weighted by molar-refractivity contribution is -0.122. The second-order valence-electron chi connectivity index (χ2n) is 7.25. The van der Waals surface area contributed by atoms with Crippen molar-refractivity contribution in [3.8, 4) is 5.69 Å². The van der Waals surface area contributed by atoms with Gasteiger partial charge in [-0.1, -0.05) is 30.8 Å². The molecule has 0 saturated heterocycles. The lowest BCUT2D eigenvalue weighted by Crippen LogP contribution is -2.35. The van der Waals surface area contributed by atoms with Crippen molar-refractivity contribution in [2.45, 2.75) is 50.9 Å². The van der Waals surface area contributed by atoms with Crippen molar-refractivity contribution in [2.24, 2.45) is 0 Å². The van der Waals surface area contributed by atoms with Gasteiger partial charge in [0.05, 0.1) is 17.9 Å². The first-order valence-corrected chi connectivity index (χ1v) is 10.5. The van der Waals surface area contributed by atoms with E-state index in [0.29, 0.717) is 21.9 Å². The lowest BCUT2D eigenvalue weighted by atomic mass is 10.2. The molecule has 1 aliphatic heterocycles. The number of aromatic nitrogens is 4. The van der Waals surface area contributed by atoms with Crippen molar-refractivity contribution in [3.63, 3.8) is 0 Å². The van der Waals surface area contributed by atoms with Crippen LogP contribution in [0.2, 0.25) is 0 Å². The molecule has 0 fully saturated rings. The molecule has 28 heavy (non-hydrogen) atoms. The number of benzene rings is 1. The average molecular weight is 398 g/mol. The van der Waals surface area contributed by atoms with E-state index >= 15 is 0 Å². The zero-order valence-corrected chi connectivity index (χ0v) is 17.0. The molecule has 4 rings (SSSR count). The van der Waals surface area contributed by atoms with E-state index in [9.17, 15) is 9.59 Å². The van der Waals surface area contributed by atoms with Gasteiger partial charge in [-0.05, 0) is 38.0 Å². The van der Waals surface area contributed by atoms with Crippen LogP contribution in [0.1, 0.15) is 38.3 Å². The Bertz CT molecular complexity index is 1100. The number of nitrogens with one attached hydrogen (secondary N) is 1. The molecular weight excluding hydrogens is 374 g/mol. The molecule has 2 unspecified atom stereocenters. The van der Waals surface area contributed by atoms with Crippen molar-refractivity contribution in [1.82, 2.24) is 24.6 Å². The number of thioether (sulfide) groups is 1. The van der Waals surface area contributed by atoms with Crippen molar-refractivity contribution in [3.05, 3.63) is 46.4 Å². The van der Waals surface area contributed by atoms with Gasteiger partial charge in [0.15, 0.2) is 10.8 Å². The molecule has 3 heterocycles. The maximum atomic E-state index is 13.1. The van der Waals surface area contributed by atoms with E-state index in [4.69, 9.17) is 4.98 Å². The fourth-order valence-electron chi connectivity index (χ4n) is 3.38. The number of hydrogen-bond donors (Lipinski definition) is 1. The van der Waals surface area contributed by atoms with Gasteiger partial charge < -0.3 is 5.32 Å². The van der Waals surface area contributed by atoms with Gasteiger partial charge >= 0.3 is 0 Å². The standard InChI is InChI=1S/C20H23N5O2S/c1-4-13(3)22-17(26)9-15-11-28-20-23-18-16(19(27)24(15)20)10-21-25(18)14-7-5-6-12(2)8-14/h5-8,10,13,15H,4,9,11H2,1-3H3,(H,22,26). The van der Waals surface area contributed by atoms with Crippen LogP contribution in [0, 0.1) is 6.92 Å². The van der Waals surface area contributed by atoms with E-state index < -0.39 is 0 Å². The highest BCUT2D eigenvalue weighted by atomic mass is 32.2. The fourth-order valence-corrected chi connectivity index (χ4v) is 4.51. The van der Waals surface area contributed by atoms with Crippen LogP contribution < -0.4 is 10.9 Å². The Hall–Kier alpha value is -2.61. The molecule has 8 heteroatoms. The highest BCUT2D eigenvalue weighted by Crippen LogP contribution is 2.33. The van der Waals surface area contributed by atoms with E-state index in [0.717, 1.165) is 17.7 Å². The smallest absolute Gasteiger partial charge is 0.265 e. The SMILES string of the molecule is CCC(C)NC(=O)CC1CSc2nc3c(cnn3-c3cccc(C)c3)c(=O)n21. The molecule has 3 aromatic rings. The summed E-state index contributed by atoms with van der Waals surface area (Å²) in [6, 6.07) is 7.87. The summed E-state index contributed by atoms with van der Waals surface area (Å²) in [6.45, 7) is 6.02. The zero-order chi connectivity index (χ0) is 19.8. The number of fused-ring (bicyclic) bond motifs is 2. The number of rotatable bonds is 5. The molecule has 0 saturated carbocycles. The summed E-state index contributed by atoms with van der Waals surface area (Å²) in [5.41, 5.74) is 2.41. The molecule has 1 N–H and O–H groups in total. The van der Waals surface area contributed by atoms with Crippen molar-refractivity contribution in [1.29, 1.82) is 0 Å². The van der Waals surface area contributed by atoms with E-state index in [2.05, 4.69) is 10.4 Å². The van der Waals surface area contributed by atoms with Crippen LogP contribution in [0.5, 0.6) is 0 Å². The third kappa shape index (κ3) is 3.32. The predicted molar refractivity (Wildman–Crippen MR) is 110 cm³/mol. The highest BCUT2D eigenvalue weighted by Gasteiger charge is 2.29. The van der Waals surface area contributed by atoms with Gasteiger partial charge in [-0.3, -0.25) is 14.2 Å². The van der Waals surface area contributed by atoms with Crippen LogP contribution in [-0.4, -0.2) is 37.0 Å². The summed E-state index contributed by atoms with van der Waals surface area (Å²) < 4.78 is 3.36. The topological polar surface area (TPSA) is 81.8 Å². The Morgan fingerprint density at radius 1 is 1.43 bits per heavy atom. The lowest BCUT2D eigenvalue weighted by Gasteiger charge is -2.16. The molecule has 0 aliphatic carbocycles. The van der Waals surface area contributed by atoms with Crippen LogP contribution in [-0.2, 0) is 4.79 Å². The van der Waals surface area contributed by atoms with Crippen LogP contribution >= 0.6 is 11.8 Å². The van der Waals surface area contributed by atoms with Crippen molar-refractivity contribution < 1.29 is 4.79 Å². The quantitative estimate of drug-likeness (QED) is 0.670. The monoisotopic (exact) mass is 397 g/mol. The van der Waals surface area contributed by atoms with Gasteiger partial charge in [-0.2, -0.15) is 5.10 Å². The third-order valence-electron chi connectivity index (χ3n) is 5.06. The largest absolute Gasteiger partial charge is 0.354 e. The Morgan fingerprint density at radius 3 is 3.00 bits per heavy atom. The molecular formula is C20H23N5O2S. The van der Waals surface area contributed by atoms with Crippen molar-refractivity contribution >= 4 is 28.7 Å². The Labute approximate surface area is 167 Å². The maximum Gasteiger partial charge on any atom is 0.265 e. The van der Waals surface area contributed by atoms with E-state index in [-0.39, 0.29) is 30.0 Å². The van der Waals surface area contributed by atoms with Crippen LogP contribution in [0.25, 0.3) is 16.7 Å². The summed E-state index contributed by atoms with van der Waals surface area (Å²) in [5, 5.41) is 8.49. The number of carbonyl (C=O) groups is 1. The van der Waals surface area contributed by atoms with Crippen molar-refractivity contribution in [2.75, 3.05) is 5.75 Å². The number of aryl methyl sites for hydroxylation is 1. The minimum absolute atomic E-state index is 0.0322. The molecule has 7 nitrogen and oxygen atoms in total. The third-order valence-corrected chi connectivity index (χ3v) is 6.16. The second kappa shape index (κ2) is 7.43. The summed E-state index contributed by atoms with van der Waals surface area (Å²) in [4.78, 5) is 30.1. The Balaban J connectivity index is 1.70. The van der Waals surface area contributed by atoms with Crippen LogP contribution in [0.4, 0.5) is 0 Å². The van der Waals surface area contributed by atoms with Gasteiger partial charge in [0.1, 0.15) is 5.39 Å². The highest BCUT2D eigenvalue weighted by molar-refractivity contribution is 7.99. The van der Waals surface area contributed by atoms with Crippen LogP contribution in [0.15, 0.2) is 40.4 Å². The first kappa shape index (κ1) is 18.7. The van der Waals surface area contributed by atoms with E-state index in [1.165, 1.54) is 11.8 Å². The maximum absolute atomic E-state index is 13.1. The first-order valence-electron chi connectivity index (χ1n) is 9.47. The molecule has 0 radical (unpaired) electrons. The molecule has 2 aromatic heterocycles. The summed E-state index contributed by atoms with van der Waals surface area (Å²) in [7, 11) is 0. The van der Waals surface area contributed by atoms with Gasteiger partial charge in [0.2, 0.25) is 5.91 Å². The Morgan fingerprint density at radius 2 is 2.25 bits per heavy atom. The molecule has 0 spiro atoms. The molecule has 2 atom stereocenters. The molecule has 146 valence electrons. The molecule has 1 aromatic carbocycles. The number of hydrogen-bond acceptors (Lipinski definition) is 5. The normalized spacial score (nSPS) is 16.9. The van der Waals surface area contributed by atoms with Crippen LogP contribution in [0.3, 0.4) is 0 Å². The predicted octanol–water partition coefficient (Wildman–Crippen LogP) is 2.84. The summed E-state index contributed by atoms with van der Waals surface area (Å²) in [5.74, 6) is 0.635. The van der Waals surface area contributed by atoms with Gasteiger partial charge in [0, 0.05) is 18.2 Å². The fraction of sp³-hybridized carbons (Fsp3) is 0.400. The number of nitrogens with zero attached hydrogens (tertiary/aromatic N) is 4.